The molecule has 0 radical (unpaired) electrons. The Hall–Kier alpha value is -1.50. The quantitative estimate of drug-likeness (QED) is 0.436. The number of halogens is 6. The molecular formula is C21H23Cl2F3IN3O3. The Morgan fingerprint density at radius 1 is 1.21 bits per heavy atom. The fraction of sp³-hybridized carbons (Fsp3) is 0.429. The summed E-state index contributed by atoms with van der Waals surface area (Å²) in [5, 5.41) is 4.46. The van der Waals surface area contributed by atoms with E-state index in [1.165, 1.54) is 0 Å². The lowest BCUT2D eigenvalue weighted by molar-refractivity contribution is -0.137. The second kappa shape index (κ2) is 12.3. The zero-order valence-electron chi connectivity index (χ0n) is 17.9. The summed E-state index contributed by atoms with van der Waals surface area (Å²) in [4.78, 5) is 14.3. The SMILES string of the molecule is COc1c(Cl)c2c(c(Cl)c1OC)CNCC2.NC(=O)CCCc1ncc(C(F)(F)F)cc1I. The minimum atomic E-state index is -4.38. The van der Waals surface area contributed by atoms with Gasteiger partial charge >= 0.3 is 6.18 Å². The predicted octanol–water partition coefficient (Wildman–Crippen LogP) is 5.17. The highest BCUT2D eigenvalue weighted by Gasteiger charge is 2.31. The number of aromatic nitrogens is 1. The molecule has 0 saturated carbocycles. The molecule has 1 aromatic heterocycles. The lowest BCUT2D eigenvalue weighted by Gasteiger charge is -2.23. The zero-order chi connectivity index (χ0) is 24.8. The maximum Gasteiger partial charge on any atom is 0.417 e. The number of pyridine rings is 1. The number of hydrogen-bond donors (Lipinski definition) is 2. The Morgan fingerprint density at radius 2 is 1.82 bits per heavy atom. The molecular weight excluding hydrogens is 597 g/mol. The molecule has 182 valence electrons. The number of rotatable bonds is 6. The molecule has 2 aromatic rings. The van der Waals surface area contributed by atoms with E-state index in [1.54, 1.807) is 36.8 Å². The highest BCUT2D eigenvalue weighted by Crippen LogP contribution is 2.46. The number of nitrogens with zero attached hydrogens (tertiary/aromatic N) is 1. The van der Waals surface area contributed by atoms with Crippen molar-refractivity contribution in [3.8, 4) is 11.5 Å². The van der Waals surface area contributed by atoms with Crippen molar-refractivity contribution >= 4 is 51.7 Å². The number of alkyl halides is 3. The standard InChI is InChI=1S/C11H13Cl2NO2.C10H10F3IN2O/c1-15-10-8(12)6-3-4-14-5-7(6)9(13)11(10)16-2;11-10(12,13)6-4-7(14)8(16-5-6)2-1-3-9(15)17/h14H,3-5H2,1-2H3;4-5H,1-3H2,(H2,15,17). The Morgan fingerprint density at radius 3 is 2.33 bits per heavy atom. The first-order chi connectivity index (χ1) is 15.5. The first-order valence-corrected chi connectivity index (χ1v) is 11.7. The van der Waals surface area contributed by atoms with E-state index in [-0.39, 0.29) is 6.42 Å². The van der Waals surface area contributed by atoms with Crippen molar-refractivity contribution < 1.29 is 27.4 Å². The Kier molecular flexibility index (Phi) is 10.3. The van der Waals surface area contributed by atoms with Crippen LogP contribution in [0, 0.1) is 3.57 Å². The van der Waals surface area contributed by atoms with Crippen LogP contribution in [0.1, 0.15) is 35.2 Å². The van der Waals surface area contributed by atoms with Gasteiger partial charge in [-0.3, -0.25) is 9.78 Å². The van der Waals surface area contributed by atoms with Gasteiger partial charge in [0.2, 0.25) is 5.91 Å². The van der Waals surface area contributed by atoms with Crippen LogP contribution in [0.5, 0.6) is 11.5 Å². The Balaban J connectivity index is 0.000000234. The van der Waals surface area contributed by atoms with E-state index in [9.17, 15) is 18.0 Å². The molecule has 1 aliphatic heterocycles. The average molecular weight is 620 g/mol. The van der Waals surface area contributed by atoms with E-state index < -0.39 is 17.6 Å². The van der Waals surface area contributed by atoms with Crippen molar-refractivity contribution in [1.29, 1.82) is 0 Å². The fourth-order valence-electron chi connectivity index (χ4n) is 3.21. The summed E-state index contributed by atoms with van der Waals surface area (Å²) >= 11 is 14.4. The smallest absolute Gasteiger partial charge is 0.417 e. The van der Waals surface area contributed by atoms with E-state index >= 15 is 0 Å². The number of nitrogens with two attached hydrogens (primary N) is 1. The summed E-state index contributed by atoms with van der Waals surface area (Å²) in [5.74, 6) is 0.610. The average Bonchev–Trinajstić information content (AvgIpc) is 2.76. The number of amides is 1. The van der Waals surface area contributed by atoms with Crippen LogP contribution >= 0.6 is 45.8 Å². The van der Waals surface area contributed by atoms with E-state index in [4.69, 9.17) is 38.4 Å². The van der Waals surface area contributed by atoms with Gasteiger partial charge in [-0.2, -0.15) is 13.2 Å². The number of nitrogens with one attached hydrogen (secondary N) is 1. The molecule has 1 amide bonds. The molecule has 0 aliphatic carbocycles. The van der Waals surface area contributed by atoms with Crippen molar-refractivity contribution in [1.82, 2.24) is 10.3 Å². The number of carbonyl (C=O) groups is 1. The predicted molar refractivity (Wildman–Crippen MR) is 129 cm³/mol. The lowest BCUT2D eigenvalue weighted by atomic mass is 10.00. The Bertz CT molecular complexity index is 951. The van der Waals surface area contributed by atoms with Gasteiger partial charge in [-0.1, -0.05) is 23.2 Å². The number of aryl methyl sites for hydroxylation is 1. The summed E-state index contributed by atoms with van der Waals surface area (Å²) in [6.07, 6.45) is -1.57. The Labute approximate surface area is 213 Å². The number of methoxy groups -OCH3 is 2. The van der Waals surface area contributed by atoms with Gasteiger partial charge in [-0.15, -0.1) is 0 Å². The van der Waals surface area contributed by atoms with Gasteiger partial charge in [0.15, 0.2) is 11.5 Å². The maximum atomic E-state index is 12.4. The highest BCUT2D eigenvalue weighted by atomic mass is 127. The first kappa shape index (κ1) is 27.7. The van der Waals surface area contributed by atoms with Gasteiger partial charge in [0.1, 0.15) is 0 Å². The number of carbonyl (C=O) groups excluding carboxylic acids is 1. The van der Waals surface area contributed by atoms with Gasteiger partial charge in [-0.05, 0) is 65.6 Å². The molecule has 0 fully saturated rings. The molecule has 0 spiro atoms. The third-order valence-corrected chi connectivity index (χ3v) is 6.58. The normalized spacial score (nSPS) is 13.0. The molecule has 12 heteroatoms. The van der Waals surface area contributed by atoms with Crippen LogP contribution in [-0.4, -0.2) is 31.7 Å². The largest absolute Gasteiger partial charge is 0.491 e. The van der Waals surface area contributed by atoms with Gasteiger partial charge in [-0.25, -0.2) is 0 Å². The number of benzene rings is 1. The molecule has 0 saturated heterocycles. The minimum absolute atomic E-state index is 0.207. The lowest BCUT2D eigenvalue weighted by Crippen LogP contribution is -2.24. The van der Waals surface area contributed by atoms with Crippen molar-refractivity contribution in [3.05, 3.63) is 48.3 Å². The molecule has 3 rings (SSSR count). The summed E-state index contributed by atoms with van der Waals surface area (Å²) in [6, 6.07) is 1.05. The van der Waals surface area contributed by atoms with Crippen molar-refractivity contribution in [2.45, 2.75) is 38.4 Å². The van der Waals surface area contributed by atoms with Crippen LogP contribution in [-0.2, 0) is 30.4 Å². The maximum absolute atomic E-state index is 12.4. The molecule has 3 N–H and O–H groups in total. The highest BCUT2D eigenvalue weighted by molar-refractivity contribution is 14.1. The third kappa shape index (κ3) is 7.24. The summed E-state index contributed by atoms with van der Waals surface area (Å²) < 4.78 is 48.0. The van der Waals surface area contributed by atoms with Crippen molar-refractivity contribution in [2.75, 3.05) is 20.8 Å². The van der Waals surface area contributed by atoms with Gasteiger partial charge in [0, 0.05) is 22.7 Å². The van der Waals surface area contributed by atoms with Crippen molar-refractivity contribution in [3.63, 3.8) is 0 Å². The second-order valence-electron chi connectivity index (χ2n) is 7.05. The van der Waals surface area contributed by atoms with E-state index in [0.717, 1.165) is 36.4 Å². The molecule has 1 aliphatic rings. The van der Waals surface area contributed by atoms with Crippen LogP contribution in [0.4, 0.5) is 13.2 Å². The monoisotopic (exact) mass is 619 g/mol. The first-order valence-electron chi connectivity index (χ1n) is 9.82. The molecule has 6 nitrogen and oxygen atoms in total. The summed E-state index contributed by atoms with van der Waals surface area (Å²) in [7, 11) is 3.12. The molecule has 0 atom stereocenters. The number of fused-ring (bicyclic) bond motifs is 1. The van der Waals surface area contributed by atoms with Gasteiger partial charge in [0.05, 0.1) is 35.5 Å². The van der Waals surface area contributed by atoms with Gasteiger partial charge < -0.3 is 20.5 Å². The van der Waals surface area contributed by atoms with Crippen LogP contribution < -0.4 is 20.5 Å². The van der Waals surface area contributed by atoms with Crippen molar-refractivity contribution in [2.24, 2.45) is 5.73 Å². The van der Waals surface area contributed by atoms with Crippen LogP contribution in [0.25, 0.3) is 0 Å². The van der Waals surface area contributed by atoms with E-state index in [1.807, 2.05) is 0 Å². The van der Waals surface area contributed by atoms with Crippen LogP contribution in [0.3, 0.4) is 0 Å². The van der Waals surface area contributed by atoms with Gasteiger partial charge in [0.25, 0.3) is 0 Å². The van der Waals surface area contributed by atoms with Crippen LogP contribution in [0.15, 0.2) is 12.3 Å². The number of primary amides is 1. The minimum Gasteiger partial charge on any atom is -0.491 e. The zero-order valence-corrected chi connectivity index (χ0v) is 21.6. The fourth-order valence-corrected chi connectivity index (χ4v) is 4.67. The molecule has 0 bridgehead atoms. The van der Waals surface area contributed by atoms with E-state index in [0.29, 0.717) is 50.2 Å². The summed E-state index contributed by atoms with van der Waals surface area (Å²) in [5.41, 5.74) is 6.83. The summed E-state index contributed by atoms with van der Waals surface area (Å²) in [6.45, 7) is 1.62. The topological polar surface area (TPSA) is 86.5 Å². The number of hydrogen-bond acceptors (Lipinski definition) is 5. The molecule has 1 aromatic carbocycles. The third-order valence-electron chi connectivity index (χ3n) is 4.84. The number of ether oxygens (including phenoxy) is 2. The van der Waals surface area contributed by atoms with Crippen LogP contribution in [0.2, 0.25) is 10.0 Å². The molecule has 0 unspecified atom stereocenters. The van der Waals surface area contributed by atoms with E-state index in [2.05, 4.69) is 10.3 Å². The molecule has 2 heterocycles. The second-order valence-corrected chi connectivity index (χ2v) is 8.97. The molecule has 33 heavy (non-hydrogen) atoms.